The molecule has 3 N–H and O–H groups in total. The van der Waals surface area contributed by atoms with Crippen molar-refractivity contribution < 1.29 is 4.74 Å². The molecule has 1 fully saturated rings. The summed E-state index contributed by atoms with van der Waals surface area (Å²) < 4.78 is 5.61. The molecule has 1 aliphatic rings. The average molecular weight is 234 g/mol. The topological polar surface area (TPSA) is 47.3 Å². The Bertz CT molecular complexity index is 354. The number of ether oxygens (including phenoxy) is 1. The molecule has 94 valence electrons. The van der Waals surface area contributed by atoms with Crippen molar-refractivity contribution in [3.05, 3.63) is 24.3 Å². The van der Waals surface area contributed by atoms with Crippen LogP contribution in [0.3, 0.4) is 0 Å². The third kappa shape index (κ3) is 3.37. The second-order valence-corrected chi connectivity index (χ2v) is 4.70. The molecule has 0 aromatic heterocycles. The summed E-state index contributed by atoms with van der Waals surface area (Å²) >= 11 is 0. The largest absolute Gasteiger partial charge is 0.492 e. The number of nitrogens with one attached hydrogen (secondary N) is 1. The molecular formula is C14H22N2O. The van der Waals surface area contributed by atoms with E-state index in [2.05, 4.69) is 11.4 Å². The zero-order valence-corrected chi connectivity index (χ0v) is 10.5. The molecule has 1 saturated carbocycles. The first-order chi connectivity index (χ1) is 8.29. The Balaban J connectivity index is 2.01. The van der Waals surface area contributed by atoms with Gasteiger partial charge in [-0.3, -0.25) is 0 Å². The predicted molar refractivity (Wildman–Crippen MR) is 71.5 cm³/mol. The average Bonchev–Trinajstić information content (AvgIpc) is 2.32. The van der Waals surface area contributed by atoms with Crippen LogP contribution in [0.2, 0.25) is 0 Å². The Morgan fingerprint density at radius 1 is 1.35 bits per heavy atom. The van der Waals surface area contributed by atoms with Gasteiger partial charge in [0, 0.05) is 12.1 Å². The maximum atomic E-state index is 6.00. The van der Waals surface area contributed by atoms with Crippen LogP contribution in [-0.2, 0) is 0 Å². The molecule has 1 aromatic rings. The molecular weight excluding hydrogens is 212 g/mol. The molecule has 17 heavy (non-hydrogen) atoms. The Hall–Kier alpha value is -1.22. The van der Waals surface area contributed by atoms with E-state index in [1.807, 2.05) is 25.1 Å². The number of hydrogen-bond donors (Lipinski definition) is 2. The molecule has 3 nitrogen and oxygen atoms in total. The van der Waals surface area contributed by atoms with Gasteiger partial charge in [0.25, 0.3) is 0 Å². The number of rotatable bonds is 4. The first kappa shape index (κ1) is 12.2. The fourth-order valence-corrected chi connectivity index (χ4v) is 2.45. The van der Waals surface area contributed by atoms with Crippen LogP contribution in [0.4, 0.5) is 5.69 Å². The molecule has 0 amide bonds. The molecule has 0 radical (unpaired) electrons. The molecule has 3 heteroatoms. The lowest BCUT2D eigenvalue weighted by Gasteiger charge is -2.28. The molecule has 0 heterocycles. The SMILES string of the molecule is CCOc1ccccc1NC1CCCC(N)C1. The fourth-order valence-electron chi connectivity index (χ4n) is 2.45. The molecule has 1 aromatic carbocycles. The maximum absolute atomic E-state index is 6.00. The normalized spacial score (nSPS) is 24.4. The van der Waals surface area contributed by atoms with Crippen LogP contribution in [0.1, 0.15) is 32.6 Å². The van der Waals surface area contributed by atoms with Gasteiger partial charge in [0.2, 0.25) is 0 Å². The van der Waals surface area contributed by atoms with Gasteiger partial charge in [-0.2, -0.15) is 0 Å². The summed E-state index contributed by atoms with van der Waals surface area (Å²) in [5.74, 6) is 0.939. The van der Waals surface area contributed by atoms with E-state index in [4.69, 9.17) is 10.5 Å². The van der Waals surface area contributed by atoms with Crippen LogP contribution in [0.25, 0.3) is 0 Å². The molecule has 1 aliphatic carbocycles. The van der Waals surface area contributed by atoms with E-state index >= 15 is 0 Å². The lowest BCUT2D eigenvalue weighted by molar-refractivity contribution is 0.340. The highest BCUT2D eigenvalue weighted by Gasteiger charge is 2.19. The summed E-state index contributed by atoms with van der Waals surface area (Å²) in [6.45, 7) is 2.70. The van der Waals surface area contributed by atoms with E-state index in [1.54, 1.807) is 0 Å². The van der Waals surface area contributed by atoms with Crippen molar-refractivity contribution in [1.29, 1.82) is 0 Å². The van der Waals surface area contributed by atoms with Gasteiger partial charge in [-0.15, -0.1) is 0 Å². The Morgan fingerprint density at radius 3 is 2.94 bits per heavy atom. The zero-order chi connectivity index (χ0) is 12.1. The van der Waals surface area contributed by atoms with Crippen LogP contribution in [0, 0.1) is 0 Å². The van der Waals surface area contributed by atoms with Crippen molar-refractivity contribution in [2.24, 2.45) is 5.73 Å². The summed E-state index contributed by atoms with van der Waals surface area (Å²) in [7, 11) is 0. The van der Waals surface area contributed by atoms with Crippen molar-refractivity contribution in [1.82, 2.24) is 0 Å². The molecule has 0 bridgehead atoms. The van der Waals surface area contributed by atoms with E-state index in [0.29, 0.717) is 18.7 Å². The number of anilines is 1. The van der Waals surface area contributed by atoms with E-state index in [0.717, 1.165) is 24.3 Å². The van der Waals surface area contributed by atoms with Gasteiger partial charge < -0.3 is 15.8 Å². The fraction of sp³-hybridized carbons (Fsp3) is 0.571. The third-order valence-corrected chi connectivity index (χ3v) is 3.26. The second kappa shape index (κ2) is 5.92. The van der Waals surface area contributed by atoms with Crippen molar-refractivity contribution in [2.75, 3.05) is 11.9 Å². The molecule has 0 saturated heterocycles. The van der Waals surface area contributed by atoms with Crippen LogP contribution >= 0.6 is 0 Å². The molecule has 2 rings (SSSR count). The van der Waals surface area contributed by atoms with Crippen LogP contribution in [-0.4, -0.2) is 18.7 Å². The summed E-state index contributed by atoms with van der Waals surface area (Å²) in [5.41, 5.74) is 7.10. The van der Waals surface area contributed by atoms with E-state index in [9.17, 15) is 0 Å². The highest BCUT2D eigenvalue weighted by atomic mass is 16.5. The van der Waals surface area contributed by atoms with Gasteiger partial charge in [-0.1, -0.05) is 12.1 Å². The number of hydrogen-bond acceptors (Lipinski definition) is 3. The Morgan fingerprint density at radius 2 is 2.18 bits per heavy atom. The lowest BCUT2D eigenvalue weighted by Crippen LogP contribution is -2.34. The van der Waals surface area contributed by atoms with Gasteiger partial charge in [0.1, 0.15) is 5.75 Å². The summed E-state index contributed by atoms with van der Waals surface area (Å²) in [6.07, 6.45) is 4.63. The standard InChI is InChI=1S/C14H22N2O/c1-2-17-14-9-4-3-8-13(14)16-12-7-5-6-11(15)10-12/h3-4,8-9,11-12,16H,2,5-7,10,15H2,1H3. The number of para-hydroxylation sites is 2. The van der Waals surface area contributed by atoms with Crippen LogP contribution in [0.5, 0.6) is 5.75 Å². The predicted octanol–water partition coefficient (Wildman–Crippen LogP) is 2.77. The minimum atomic E-state index is 0.348. The highest BCUT2D eigenvalue weighted by molar-refractivity contribution is 5.56. The van der Waals surface area contributed by atoms with E-state index < -0.39 is 0 Å². The highest BCUT2D eigenvalue weighted by Crippen LogP contribution is 2.27. The Kier molecular flexibility index (Phi) is 4.26. The van der Waals surface area contributed by atoms with Gasteiger partial charge in [-0.25, -0.2) is 0 Å². The molecule has 0 spiro atoms. The smallest absolute Gasteiger partial charge is 0.142 e. The minimum absolute atomic E-state index is 0.348. The quantitative estimate of drug-likeness (QED) is 0.842. The summed E-state index contributed by atoms with van der Waals surface area (Å²) in [4.78, 5) is 0. The minimum Gasteiger partial charge on any atom is -0.492 e. The van der Waals surface area contributed by atoms with Gasteiger partial charge in [-0.05, 0) is 44.7 Å². The first-order valence-electron chi connectivity index (χ1n) is 6.53. The number of nitrogens with two attached hydrogens (primary N) is 1. The van der Waals surface area contributed by atoms with Crippen molar-refractivity contribution in [2.45, 2.75) is 44.7 Å². The zero-order valence-electron chi connectivity index (χ0n) is 10.5. The van der Waals surface area contributed by atoms with Crippen LogP contribution in [0.15, 0.2) is 24.3 Å². The van der Waals surface area contributed by atoms with Crippen molar-refractivity contribution >= 4 is 5.69 Å². The second-order valence-electron chi connectivity index (χ2n) is 4.70. The lowest BCUT2D eigenvalue weighted by atomic mass is 9.91. The third-order valence-electron chi connectivity index (χ3n) is 3.26. The Labute approximate surface area is 103 Å². The first-order valence-corrected chi connectivity index (χ1v) is 6.53. The molecule has 2 atom stereocenters. The monoisotopic (exact) mass is 234 g/mol. The van der Waals surface area contributed by atoms with Crippen molar-refractivity contribution in [3.63, 3.8) is 0 Å². The van der Waals surface area contributed by atoms with E-state index in [-0.39, 0.29) is 0 Å². The van der Waals surface area contributed by atoms with Gasteiger partial charge >= 0.3 is 0 Å². The molecule has 0 aliphatic heterocycles. The van der Waals surface area contributed by atoms with Crippen molar-refractivity contribution in [3.8, 4) is 5.75 Å². The number of benzene rings is 1. The van der Waals surface area contributed by atoms with Gasteiger partial charge in [0.15, 0.2) is 0 Å². The van der Waals surface area contributed by atoms with Crippen LogP contribution < -0.4 is 15.8 Å². The maximum Gasteiger partial charge on any atom is 0.142 e. The van der Waals surface area contributed by atoms with Gasteiger partial charge in [0.05, 0.1) is 12.3 Å². The summed E-state index contributed by atoms with van der Waals surface area (Å²) in [5, 5.41) is 3.56. The molecule has 2 unspecified atom stereocenters. The summed E-state index contributed by atoms with van der Waals surface area (Å²) in [6, 6.07) is 8.96. The van der Waals surface area contributed by atoms with E-state index in [1.165, 1.54) is 12.8 Å².